The van der Waals surface area contributed by atoms with E-state index < -0.39 is 0 Å². The van der Waals surface area contributed by atoms with E-state index in [1.165, 1.54) is 51.4 Å². The van der Waals surface area contributed by atoms with Crippen LogP contribution < -0.4 is 24.8 Å². The first-order chi connectivity index (χ1) is 8.58. The molecule has 120 valence electrons. The Morgan fingerprint density at radius 3 is 1.29 bits per heavy atom. The maximum absolute atomic E-state index is 3.40. The maximum atomic E-state index is 3.40. The minimum atomic E-state index is 0. The molecule has 0 atom stereocenters. The van der Waals surface area contributed by atoms with Gasteiger partial charge in [0.2, 0.25) is 0 Å². The van der Waals surface area contributed by atoms with Crippen LogP contribution in [0.1, 0.15) is 79.1 Å². The molecule has 2 rings (SSSR count). The molecule has 0 bridgehead atoms. The van der Waals surface area contributed by atoms with Gasteiger partial charge in [0.1, 0.15) is 0 Å². The van der Waals surface area contributed by atoms with Crippen molar-refractivity contribution in [3.63, 3.8) is 0 Å². The van der Waals surface area contributed by atoms with Gasteiger partial charge in [0.25, 0.3) is 0 Å². The van der Waals surface area contributed by atoms with Crippen molar-refractivity contribution in [3.05, 3.63) is 23.3 Å². The molecule has 0 N–H and O–H groups in total. The first-order valence-electron chi connectivity index (χ1n) is 7.75. The van der Waals surface area contributed by atoms with Crippen molar-refractivity contribution in [1.82, 2.24) is 0 Å². The summed E-state index contributed by atoms with van der Waals surface area (Å²) in [5, 5.41) is 0. The zero-order valence-electron chi connectivity index (χ0n) is 14.1. The van der Waals surface area contributed by atoms with Crippen LogP contribution in [0.5, 0.6) is 0 Å². The molecule has 0 nitrogen and oxygen atoms in total. The first kappa shape index (κ1) is 26.8. The van der Waals surface area contributed by atoms with Crippen LogP contribution in [0.3, 0.4) is 0 Å². The predicted molar refractivity (Wildman–Crippen MR) is 80.1 cm³/mol. The first-order valence-corrected chi connectivity index (χ1v) is 7.75. The Kier molecular flexibility index (Phi) is 20.2. The Hall–Kier alpha value is 0.943. The van der Waals surface area contributed by atoms with Gasteiger partial charge in [-0.3, -0.25) is 11.1 Å². The van der Waals surface area contributed by atoms with E-state index in [0.717, 1.165) is 11.8 Å². The van der Waals surface area contributed by atoms with Gasteiger partial charge in [-0.15, -0.1) is 0 Å². The van der Waals surface area contributed by atoms with E-state index >= 15 is 0 Å². The Labute approximate surface area is 164 Å². The van der Waals surface area contributed by atoms with Gasteiger partial charge in [-0.2, -0.15) is 12.8 Å². The summed E-state index contributed by atoms with van der Waals surface area (Å²) in [6.07, 6.45) is 17.1. The van der Waals surface area contributed by atoms with Gasteiger partial charge in [-0.05, 0) is 11.8 Å². The molecule has 0 unspecified atom stereocenters. The molecule has 0 aromatic carbocycles. The van der Waals surface area contributed by atoms with E-state index in [4.69, 9.17) is 0 Å². The fraction of sp³-hybridized carbons (Fsp3) is 0.778. The van der Waals surface area contributed by atoms with Crippen molar-refractivity contribution in [1.29, 1.82) is 0 Å². The maximum Gasteiger partial charge on any atom is 4.00 e. The van der Waals surface area contributed by atoms with Gasteiger partial charge >= 0.3 is 26.2 Å². The summed E-state index contributed by atoms with van der Waals surface area (Å²) in [6.45, 7) is 9.08. The van der Waals surface area contributed by atoms with Gasteiger partial charge < -0.3 is 37.0 Å². The van der Waals surface area contributed by atoms with Gasteiger partial charge in [0.05, 0.1) is 0 Å². The van der Waals surface area contributed by atoms with Gasteiger partial charge in [0.15, 0.2) is 0 Å². The quantitative estimate of drug-likeness (QED) is 0.570. The minimum absolute atomic E-state index is 0. The molecule has 0 fully saturated rings. The summed E-state index contributed by atoms with van der Waals surface area (Å²) < 4.78 is 0. The van der Waals surface area contributed by atoms with Crippen molar-refractivity contribution in [2.75, 3.05) is 0 Å². The van der Waals surface area contributed by atoms with Crippen LogP contribution in [0, 0.1) is 24.0 Å². The van der Waals surface area contributed by atoms with Crippen LogP contribution >= 0.6 is 0 Å². The molecule has 2 aliphatic carbocycles. The molecule has 21 heavy (non-hydrogen) atoms. The summed E-state index contributed by atoms with van der Waals surface area (Å²) in [4.78, 5) is 0. The summed E-state index contributed by atoms with van der Waals surface area (Å²) in [6, 6.07) is 0. The Bertz CT molecular complexity index is 264. The standard InChI is InChI=1S/2C9H15.2ClH.Zr/c2*1-8(2)7-9-5-3-4-6-9;;;/h2*8H,3-5,7H2,1-2H3;2*1H;/q2*-1;;;+4/p-2. The van der Waals surface area contributed by atoms with Crippen molar-refractivity contribution in [3.8, 4) is 0 Å². The smallest absolute Gasteiger partial charge is 1.00 e. The summed E-state index contributed by atoms with van der Waals surface area (Å²) in [5.41, 5.74) is 3.15. The van der Waals surface area contributed by atoms with Crippen LogP contribution in [0.25, 0.3) is 0 Å². The van der Waals surface area contributed by atoms with Gasteiger partial charge in [-0.1, -0.05) is 66.2 Å². The van der Waals surface area contributed by atoms with E-state index in [2.05, 4.69) is 39.8 Å². The van der Waals surface area contributed by atoms with Crippen LogP contribution in [0.15, 0.2) is 11.1 Å². The van der Waals surface area contributed by atoms with E-state index in [9.17, 15) is 0 Å². The molecule has 3 heteroatoms. The molecule has 0 heterocycles. The molecule has 0 aliphatic heterocycles. The summed E-state index contributed by atoms with van der Waals surface area (Å²) >= 11 is 0. The van der Waals surface area contributed by atoms with Gasteiger partial charge in [0, 0.05) is 0 Å². The zero-order chi connectivity index (χ0) is 13.4. The third kappa shape index (κ3) is 14.3. The molecule has 0 saturated carbocycles. The molecule has 0 radical (unpaired) electrons. The average Bonchev–Trinajstić information content (AvgIpc) is 2.90. The average molecular weight is 409 g/mol. The Morgan fingerprint density at radius 2 is 1.10 bits per heavy atom. The third-order valence-corrected chi connectivity index (χ3v) is 3.37. The van der Waals surface area contributed by atoms with E-state index in [1.807, 2.05) is 0 Å². The minimum Gasteiger partial charge on any atom is -1.00 e. The predicted octanol–water partition coefficient (Wildman–Crippen LogP) is -0.103. The molecular weight excluding hydrogens is 378 g/mol. The third-order valence-electron chi connectivity index (χ3n) is 3.37. The van der Waals surface area contributed by atoms with Crippen molar-refractivity contribution >= 4 is 0 Å². The van der Waals surface area contributed by atoms with Crippen molar-refractivity contribution < 1.29 is 51.0 Å². The number of hydrogen-bond acceptors (Lipinski definition) is 0. The van der Waals surface area contributed by atoms with Crippen LogP contribution in [0.4, 0.5) is 0 Å². The molecule has 0 saturated heterocycles. The fourth-order valence-corrected chi connectivity index (χ4v) is 2.64. The Morgan fingerprint density at radius 1 is 0.762 bits per heavy atom. The normalized spacial score (nSPS) is 16.1. The Balaban J connectivity index is -0.000000270. The second-order valence-corrected chi connectivity index (χ2v) is 6.46. The molecule has 0 spiro atoms. The number of rotatable bonds is 4. The van der Waals surface area contributed by atoms with E-state index in [1.54, 1.807) is 11.1 Å². The number of halogens is 2. The second-order valence-electron chi connectivity index (χ2n) is 6.46. The summed E-state index contributed by atoms with van der Waals surface area (Å²) in [7, 11) is 0. The molecule has 0 aromatic heterocycles. The SMILES string of the molecule is CC(C)CC1=[C-]CCC1.CC(C)CC1=[C-]CCC1.[Cl-].[Cl-].[Zr+4]. The van der Waals surface area contributed by atoms with E-state index in [0.29, 0.717) is 0 Å². The zero-order valence-corrected chi connectivity index (χ0v) is 18.0. The van der Waals surface area contributed by atoms with Crippen LogP contribution in [0.2, 0.25) is 0 Å². The van der Waals surface area contributed by atoms with Crippen LogP contribution in [-0.2, 0) is 26.2 Å². The number of hydrogen-bond donors (Lipinski definition) is 0. The summed E-state index contributed by atoms with van der Waals surface area (Å²) in [5.74, 6) is 1.65. The molecule has 2 aliphatic rings. The molecule has 0 aromatic rings. The van der Waals surface area contributed by atoms with Crippen molar-refractivity contribution in [2.45, 2.75) is 79.1 Å². The van der Waals surface area contributed by atoms with Gasteiger partial charge in [-0.25, -0.2) is 0 Å². The largest absolute Gasteiger partial charge is 4.00 e. The molecular formula is C18H30Cl2Zr. The monoisotopic (exact) mass is 406 g/mol. The van der Waals surface area contributed by atoms with E-state index in [-0.39, 0.29) is 51.0 Å². The topological polar surface area (TPSA) is 0 Å². The number of allylic oxidation sites excluding steroid dienone is 4. The second kappa shape index (κ2) is 15.8. The van der Waals surface area contributed by atoms with Crippen LogP contribution in [-0.4, -0.2) is 0 Å². The van der Waals surface area contributed by atoms with Crippen molar-refractivity contribution in [2.24, 2.45) is 11.8 Å². The molecule has 0 amide bonds. The fourth-order valence-electron chi connectivity index (χ4n) is 2.64.